The smallest absolute Gasteiger partial charge is 0.128 e. The highest BCUT2D eigenvalue weighted by molar-refractivity contribution is 5.41. The van der Waals surface area contributed by atoms with Crippen LogP contribution in [-0.4, -0.2) is 23.2 Å². The molecule has 2 rings (SSSR count). The van der Waals surface area contributed by atoms with Gasteiger partial charge in [0.25, 0.3) is 0 Å². The lowest BCUT2D eigenvalue weighted by atomic mass is 9.98. The van der Waals surface area contributed by atoms with Crippen LogP contribution >= 0.6 is 0 Å². The topological polar surface area (TPSA) is 36.4 Å². The van der Waals surface area contributed by atoms with Gasteiger partial charge in [0.2, 0.25) is 0 Å². The summed E-state index contributed by atoms with van der Waals surface area (Å²) >= 11 is 0. The molecule has 1 aliphatic rings. The molecular weight excluding hydrogens is 224 g/mol. The van der Waals surface area contributed by atoms with E-state index in [0.717, 1.165) is 30.4 Å². The van der Waals surface area contributed by atoms with Gasteiger partial charge in [-0.2, -0.15) is 0 Å². The summed E-state index contributed by atoms with van der Waals surface area (Å²) in [4.78, 5) is 6.82. The number of rotatable bonds is 3. The highest BCUT2D eigenvalue weighted by atomic mass is 16.3. The molecule has 0 radical (unpaired) electrons. The third kappa shape index (κ3) is 3.22. The van der Waals surface area contributed by atoms with Crippen LogP contribution in [0.15, 0.2) is 18.3 Å². The van der Waals surface area contributed by atoms with E-state index >= 15 is 0 Å². The van der Waals surface area contributed by atoms with Gasteiger partial charge in [0.15, 0.2) is 0 Å². The first-order valence-corrected chi connectivity index (χ1v) is 7.09. The van der Waals surface area contributed by atoms with Crippen molar-refractivity contribution in [2.24, 2.45) is 5.92 Å². The van der Waals surface area contributed by atoms with Gasteiger partial charge in [-0.05, 0) is 49.8 Å². The van der Waals surface area contributed by atoms with Crippen molar-refractivity contribution in [2.75, 3.05) is 18.0 Å². The number of anilines is 1. The van der Waals surface area contributed by atoms with E-state index in [1.54, 1.807) is 13.1 Å². The normalized spacial score (nSPS) is 22.6. The van der Waals surface area contributed by atoms with Gasteiger partial charge in [-0.25, -0.2) is 4.98 Å². The van der Waals surface area contributed by atoms with Gasteiger partial charge in [0.1, 0.15) is 5.82 Å². The van der Waals surface area contributed by atoms with E-state index in [1.807, 2.05) is 12.1 Å². The maximum Gasteiger partial charge on any atom is 0.128 e. The number of hydrogen-bond acceptors (Lipinski definition) is 3. The van der Waals surface area contributed by atoms with E-state index < -0.39 is 6.10 Å². The molecule has 0 aliphatic carbocycles. The van der Waals surface area contributed by atoms with Crippen LogP contribution in [0.2, 0.25) is 0 Å². The van der Waals surface area contributed by atoms with Gasteiger partial charge >= 0.3 is 0 Å². The summed E-state index contributed by atoms with van der Waals surface area (Å²) in [6.45, 7) is 6.27. The van der Waals surface area contributed by atoms with E-state index in [9.17, 15) is 5.11 Å². The van der Waals surface area contributed by atoms with Crippen LogP contribution in [0.3, 0.4) is 0 Å². The molecule has 0 saturated carbocycles. The quantitative estimate of drug-likeness (QED) is 0.892. The largest absolute Gasteiger partial charge is 0.389 e. The van der Waals surface area contributed by atoms with Crippen LogP contribution in [0, 0.1) is 5.92 Å². The summed E-state index contributed by atoms with van der Waals surface area (Å²) in [7, 11) is 0. The molecule has 18 heavy (non-hydrogen) atoms. The minimum atomic E-state index is -0.415. The Hall–Kier alpha value is -1.09. The highest BCUT2D eigenvalue weighted by Crippen LogP contribution is 2.24. The Balaban J connectivity index is 2.08. The maximum atomic E-state index is 9.64. The molecule has 1 aromatic heterocycles. The molecule has 1 aliphatic heterocycles. The number of hydrogen-bond donors (Lipinski definition) is 1. The number of nitrogens with zero attached hydrogens (tertiary/aromatic N) is 2. The molecule has 1 aromatic rings. The Morgan fingerprint density at radius 1 is 1.44 bits per heavy atom. The second-order valence-electron chi connectivity index (χ2n) is 5.32. The summed E-state index contributed by atoms with van der Waals surface area (Å²) in [5, 5.41) is 9.64. The molecule has 2 heterocycles. The van der Waals surface area contributed by atoms with Gasteiger partial charge in [0, 0.05) is 19.3 Å². The summed E-state index contributed by atoms with van der Waals surface area (Å²) in [5.41, 5.74) is 0.955. The van der Waals surface area contributed by atoms with E-state index in [-0.39, 0.29) is 0 Å². The van der Waals surface area contributed by atoms with Crippen LogP contribution in [0.4, 0.5) is 5.82 Å². The fourth-order valence-electron chi connectivity index (χ4n) is 2.67. The fraction of sp³-hybridized carbons (Fsp3) is 0.667. The van der Waals surface area contributed by atoms with Crippen molar-refractivity contribution < 1.29 is 5.11 Å². The highest BCUT2D eigenvalue weighted by Gasteiger charge is 2.17. The molecule has 2 atom stereocenters. The first-order chi connectivity index (χ1) is 8.70. The molecule has 0 aromatic carbocycles. The first kappa shape index (κ1) is 13.3. The van der Waals surface area contributed by atoms with Crippen molar-refractivity contribution in [3.05, 3.63) is 23.9 Å². The van der Waals surface area contributed by atoms with E-state index in [2.05, 4.69) is 16.8 Å². The SMILES string of the molecule is CCC1CCCN(c2cc(C(C)O)ccn2)CC1. The molecule has 1 saturated heterocycles. The molecule has 0 bridgehead atoms. The molecule has 3 heteroatoms. The average molecular weight is 248 g/mol. The lowest BCUT2D eigenvalue weighted by Gasteiger charge is -2.22. The minimum Gasteiger partial charge on any atom is -0.389 e. The summed E-state index contributed by atoms with van der Waals surface area (Å²) < 4.78 is 0. The lowest BCUT2D eigenvalue weighted by molar-refractivity contribution is 0.199. The van der Waals surface area contributed by atoms with E-state index in [0.29, 0.717) is 0 Å². The zero-order chi connectivity index (χ0) is 13.0. The molecule has 2 unspecified atom stereocenters. The minimum absolute atomic E-state index is 0.415. The molecule has 0 spiro atoms. The molecule has 100 valence electrons. The zero-order valence-electron chi connectivity index (χ0n) is 11.5. The lowest BCUT2D eigenvalue weighted by Crippen LogP contribution is -2.25. The van der Waals surface area contributed by atoms with Gasteiger partial charge in [-0.15, -0.1) is 0 Å². The van der Waals surface area contributed by atoms with Crippen LogP contribution in [-0.2, 0) is 0 Å². The molecule has 1 N–H and O–H groups in total. The Kier molecular flexibility index (Phi) is 4.59. The second kappa shape index (κ2) is 6.19. The molecule has 3 nitrogen and oxygen atoms in total. The van der Waals surface area contributed by atoms with Crippen LogP contribution in [0.1, 0.15) is 51.2 Å². The van der Waals surface area contributed by atoms with Crippen molar-refractivity contribution in [3.63, 3.8) is 0 Å². The second-order valence-corrected chi connectivity index (χ2v) is 5.32. The van der Waals surface area contributed by atoms with Gasteiger partial charge < -0.3 is 10.0 Å². The zero-order valence-corrected chi connectivity index (χ0v) is 11.5. The van der Waals surface area contributed by atoms with Crippen molar-refractivity contribution in [3.8, 4) is 0 Å². The standard InChI is InChI=1S/C15H24N2O/c1-3-13-5-4-9-17(10-7-13)15-11-14(12(2)18)6-8-16-15/h6,8,11-13,18H,3-5,7,9-10H2,1-2H3. The molecule has 0 amide bonds. The summed E-state index contributed by atoms with van der Waals surface area (Å²) in [6, 6.07) is 3.91. The number of aliphatic hydroxyl groups excluding tert-OH is 1. The molecular formula is C15H24N2O. The van der Waals surface area contributed by atoms with Crippen molar-refractivity contribution in [1.82, 2.24) is 4.98 Å². The van der Waals surface area contributed by atoms with Gasteiger partial charge in [-0.1, -0.05) is 13.3 Å². The third-order valence-electron chi connectivity index (χ3n) is 4.00. The van der Waals surface area contributed by atoms with Gasteiger partial charge in [0.05, 0.1) is 6.10 Å². The van der Waals surface area contributed by atoms with Crippen molar-refractivity contribution >= 4 is 5.82 Å². The Morgan fingerprint density at radius 3 is 3.00 bits per heavy atom. The number of pyridine rings is 1. The van der Waals surface area contributed by atoms with E-state index in [1.165, 1.54) is 25.7 Å². The van der Waals surface area contributed by atoms with Crippen molar-refractivity contribution in [2.45, 2.75) is 45.6 Å². The monoisotopic (exact) mass is 248 g/mol. The number of aliphatic hydroxyl groups is 1. The van der Waals surface area contributed by atoms with Crippen LogP contribution < -0.4 is 4.90 Å². The number of aromatic nitrogens is 1. The van der Waals surface area contributed by atoms with Crippen LogP contribution in [0.25, 0.3) is 0 Å². The predicted molar refractivity (Wildman–Crippen MR) is 74.7 cm³/mol. The maximum absolute atomic E-state index is 9.64. The predicted octanol–water partition coefficient (Wildman–Crippen LogP) is 3.15. The third-order valence-corrected chi connectivity index (χ3v) is 4.00. The summed E-state index contributed by atoms with van der Waals surface area (Å²) in [6.07, 6.45) is 6.52. The Morgan fingerprint density at radius 2 is 2.28 bits per heavy atom. The summed E-state index contributed by atoms with van der Waals surface area (Å²) in [5.74, 6) is 1.89. The molecule has 1 fully saturated rings. The Labute approximate surface area is 110 Å². The fourth-order valence-corrected chi connectivity index (χ4v) is 2.67. The van der Waals surface area contributed by atoms with E-state index in [4.69, 9.17) is 0 Å². The van der Waals surface area contributed by atoms with Gasteiger partial charge in [-0.3, -0.25) is 0 Å². The van der Waals surface area contributed by atoms with Crippen molar-refractivity contribution in [1.29, 1.82) is 0 Å². The van der Waals surface area contributed by atoms with Crippen LogP contribution in [0.5, 0.6) is 0 Å². The first-order valence-electron chi connectivity index (χ1n) is 7.09. The average Bonchev–Trinajstić information content (AvgIpc) is 2.64. The Bertz CT molecular complexity index is 379.